The molecule has 1 saturated heterocycles. The van der Waals surface area contributed by atoms with E-state index in [1.807, 2.05) is 0 Å². The molecule has 2 rings (SSSR count). The fourth-order valence-electron chi connectivity index (χ4n) is 2.98. The first-order chi connectivity index (χ1) is 12.9. The molecular weight excluding hydrogens is 372 g/mol. The van der Waals surface area contributed by atoms with E-state index in [0.717, 1.165) is 6.42 Å². The number of aliphatic hydroxyl groups is 2. The van der Waals surface area contributed by atoms with Gasteiger partial charge in [-0.05, 0) is 31.4 Å². The Morgan fingerprint density at radius 1 is 1.41 bits per heavy atom. The standard InChI is InChI=1S/C20H23ClO6/c1-3-6-16(24)19-14(15(21)11-22)10-13(23)7-4-5-8-17-18(27-17)9-12(2)26-20(19)25/h1,4,7,12,17-18,22,24H,5-6,8-11H2,2H3/b7-4+,15-14+,19-16-/t12-,17+,18?/m1/s1. The van der Waals surface area contributed by atoms with Crippen molar-refractivity contribution in [2.45, 2.75) is 57.3 Å². The minimum atomic E-state index is -0.845. The largest absolute Gasteiger partial charge is 0.510 e. The van der Waals surface area contributed by atoms with Gasteiger partial charge in [0.1, 0.15) is 17.4 Å². The van der Waals surface area contributed by atoms with E-state index >= 15 is 0 Å². The summed E-state index contributed by atoms with van der Waals surface area (Å²) < 4.78 is 11.0. The maximum absolute atomic E-state index is 12.7. The van der Waals surface area contributed by atoms with E-state index in [4.69, 9.17) is 27.5 Å². The van der Waals surface area contributed by atoms with Crippen molar-refractivity contribution in [2.75, 3.05) is 6.61 Å². The summed E-state index contributed by atoms with van der Waals surface area (Å²) >= 11 is 6.06. The fraction of sp³-hybridized carbons (Fsp3) is 0.500. The van der Waals surface area contributed by atoms with Crippen molar-refractivity contribution < 1.29 is 29.3 Å². The highest BCUT2D eigenvalue weighted by atomic mass is 35.5. The number of ketones is 1. The third-order valence-electron chi connectivity index (χ3n) is 4.36. The molecule has 2 heterocycles. The number of hydrogen-bond donors (Lipinski definition) is 2. The minimum Gasteiger partial charge on any atom is -0.510 e. The Balaban J connectivity index is 2.43. The zero-order valence-electron chi connectivity index (χ0n) is 15.1. The Kier molecular flexibility index (Phi) is 7.66. The van der Waals surface area contributed by atoms with Gasteiger partial charge in [-0.1, -0.05) is 23.6 Å². The number of rotatable bonds is 2. The summed E-state index contributed by atoms with van der Waals surface area (Å²) in [5.41, 5.74) is -0.262. The van der Waals surface area contributed by atoms with Gasteiger partial charge in [-0.15, -0.1) is 6.42 Å². The van der Waals surface area contributed by atoms with Crippen LogP contribution in [0, 0.1) is 12.3 Å². The summed E-state index contributed by atoms with van der Waals surface area (Å²) in [6, 6.07) is 0. The highest BCUT2D eigenvalue weighted by Gasteiger charge is 2.39. The highest BCUT2D eigenvalue weighted by molar-refractivity contribution is 6.31. The van der Waals surface area contributed by atoms with Crippen LogP contribution in [-0.2, 0) is 19.1 Å². The second-order valence-corrected chi connectivity index (χ2v) is 6.99. The van der Waals surface area contributed by atoms with Gasteiger partial charge >= 0.3 is 5.97 Å². The van der Waals surface area contributed by atoms with E-state index in [0.29, 0.717) is 12.8 Å². The van der Waals surface area contributed by atoms with Crippen LogP contribution in [0.1, 0.15) is 39.0 Å². The average molecular weight is 395 g/mol. The van der Waals surface area contributed by atoms with Crippen LogP contribution in [0.3, 0.4) is 0 Å². The van der Waals surface area contributed by atoms with Crippen LogP contribution in [0.4, 0.5) is 0 Å². The summed E-state index contributed by atoms with van der Waals surface area (Å²) in [6.07, 6.45) is 9.47. The van der Waals surface area contributed by atoms with Crippen LogP contribution >= 0.6 is 11.6 Å². The van der Waals surface area contributed by atoms with E-state index in [2.05, 4.69) is 5.92 Å². The van der Waals surface area contributed by atoms with Gasteiger partial charge in [-0.2, -0.15) is 0 Å². The van der Waals surface area contributed by atoms with Crippen molar-refractivity contribution in [3.05, 3.63) is 34.1 Å². The second-order valence-electron chi connectivity index (χ2n) is 6.53. The molecule has 0 amide bonds. The van der Waals surface area contributed by atoms with E-state index in [1.54, 1.807) is 13.0 Å². The fourth-order valence-corrected chi connectivity index (χ4v) is 3.14. The van der Waals surface area contributed by atoms with Crippen molar-refractivity contribution in [1.82, 2.24) is 0 Å². The SMILES string of the molecule is C#CC/C(O)=C1/C(=O)O[C@H](C)CC2O[C@H]2CC/C=C/C(=O)C/C1=C(\Cl)CO. The molecule has 7 heteroatoms. The number of carbonyl (C=O) groups excluding carboxylic acids is 2. The zero-order valence-corrected chi connectivity index (χ0v) is 15.9. The zero-order chi connectivity index (χ0) is 20.0. The molecular formula is C20H23ClO6. The Morgan fingerprint density at radius 2 is 2.15 bits per heavy atom. The molecule has 0 aromatic heterocycles. The molecule has 0 radical (unpaired) electrons. The second kappa shape index (κ2) is 9.75. The number of carbonyl (C=O) groups is 2. The Labute approximate surface area is 163 Å². The lowest BCUT2D eigenvalue weighted by atomic mass is 9.97. The predicted octanol–water partition coefficient (Wildman–Crippen LogP) is 2.71. The molecule has 0 bridgehead atoms. The first-order valence-corrected chi connectivity index (χ1v) is 9.15. The van der Waals surface area contributed by atoms with Crippen LogP contribution < -0.4 is 0 Å². The Hall–Kier alpha value is -2.07. The van der Waals surface area contributed by atoms with Gasteiger partial charge in [0, 0.05) is 17.9 Å². The molecule has 0 spiro atoms. The molecule has 146 valence electrons. The number of epoxide rings is 1. The number of terminal acetylenes is 1. The number of esters is 1. The smallest absolute Gasteiger partial charge is 0.342 e. The molecule has 2 N–H and O–H groups in total. The summed E-state index contributed by atoms with van der Waals surface area (Å²) in [7, 11) is 0. The normalized spacial score (nSPS) is 31.7. The Bertz CT molecular complexity index is 727. The minimum absolute atomic E-state index is 0.00243. The van der Waals surface area contributed by atoms with Crippen molar-refractivity contribution in [1.29, 1.82) is 0 Å². The number of allylic oxidation sites excluding steroid dienone is 3. The first kappa shape index (κ1) is 21.2. The third-order valence-corrected chi connectivity index (χ3v) is 4.71. The number of fused-ring (bicyclic) bond motifs is 1. The summed E-state index contributed by atoms with van der Waals surface area (Å²) in [6.45, 7) is 1.13. The van der Waals surface area contributed by atoms with Crippen LogP contribution in [0.5, 0.6) is 0 Å². The number of ether oxygens (including phenoxy) is 2. The molecule has 1 fully saturated rings. The van der Waals surface area contributed by atoms with Gasteiger partial charge in [-0.3, -0.25) is 4.79 Å². The lowest BCUT2D eigenvalue weighted by molar-refractivity contribution is -0.143. The van der Waals surface area contributed by atoms with Crippen LogP contribution in [0.15, 0.2) is 34.1 Å². The molecule has 0 aromatic carbocycles. The molecule has 1 unspecified atom stereocenters. The van der Waals surface area contributed by atoms with E-state index in [9.17, 15) is 19.8 Å². The van der Waals surface area contributed by atoms with Crippen LogP contribution in [0.25, 0.3) is 0 Å². The first-order valence-electron chi connectivity index (χ1n) is 8.77. The van der Waals surface area contributed by atoms with Gasteiger partial charge < -0.3 is 19.7 Å². The van der Waals surface area contributed by atoms with Crippen molar-refractivity contribution in [2.24, 2.45) is 0 Å². The lowest BCUT2D eigenvalue weighted by Crippen LogP contribution is -2.22. The van der Waals surface area contributed by atoms with Gasteiger partial charge in [-0.25, -0.2) is 4.79 Å². The number of halogens is 1. The molecule has 3 atom stereocenters. The predicted molar refractivity (Wildman–Crippen MR) is 99.9 cm³/mol. The molecule has 0 saturated carbocycles. The maximum Gasteiger partial charge on any atom is 0.342 e. The van der Waals surface area contributed by atoms with Crippen molar-refractivity contribution >= 4 is 23.4 Å². The summed E-state index contributed by atoms with van der Waals surface area (Å²) in [5, 5.41) is 19.6. The monoisotopic (exact) mass is 394 g/mol. The van der Waals surface area contributed by atoms with Gasteiger partial charge in [0.05, 0.1) is 25.2 Å². The summed E-state index contributed by atoms with van der Waals surface area (Å²) in [5.74, 6) is 0.641. The lowest BCUT2D eigenvalue weighted by Gasteiger charge is -2.18. The average Bonchev–Trinajstić information content (AvgIpc) is 3.34. The van der Waals surface area contributed by atoms with E-state index in [-0.39, 0.29) is 47.0 Å². The third kappa shape index (κ3) is 5.96. The molecule has 6 nitrogen and oxygen atoms in total. The topological polar surface area (TPSA) is 96.4 Å². The van der Waals surface area contributed by atoms with Crippen molar-refractivity contribution in [3.8, 4) is 12.3 Å². The van der Waals surface area contributed by atoms with Crippen LogP contribution in [-0.4, -0.2) is 46.9 Å². The number of cyclic esters (lactones) is 1. The van der Waals surface area contributed by atoms with Gasteiger partial charge in [0.2, 0.25) is 0 Å². The molecule has 27 heavy (non-hydrogen) atoms. The maximum atomic E-state index is 12.7. The molecule has 2 aliphatic rings. The summed E-state index contributed by atoms with van der Waals surface area (Å²) in [4.78, 5) is 25.0. The van der Waals surface area contributed by atoms with Crippen LogP contribution in [0.2, 0.25) is 0 Å². The highest BCUT2D eigenvalue weighted by Crippen LogP contribution is 2.33. The molecule has 0 aliphatic carbocycles. The van der Waals surface area contributed by atoms with Gasteiger partial charge in [0.25, 0.3) is 0 Å². The van der Waals surface area contributed by atoms with E-state index < -0.39 is 24.4 Å². The van der Waals surface area contributed by atoms with Gasteiger partial charge in [0.15, 0.2) is 5.78 Å². The quantitative estimate of drug-likeness (QED) is 0.246. The molecule has 2 aliphatic heterocycles. The Morgan fingerprint density at radius 3 is 2.81 bits per heavy atom. The number of hydrogen-bond acceptors (Lipinski definition) is 6. The van der Waals surface area contributed by atoms with E-state index in [1.165, 1.54) is 6.08 Å². The number of aliphatic hydroxyl groups excluding tert-OH is 2. The molecule has 0 aromatic rings. The van der Waals surface area contributed by atoms with Crippen molar-refractivity contribution in [3.63, 3.8) is 0 Å².